The molecule has 3 aromatic rings. The van der Waals surface area contributed by atoms with E-state index in [2.05, 4.69) is 9.97 Å². The number of rotatable bonds is 2. The van der Waals surface area contributed by atoms with Crippen molar-refractivity contribution in [2.75, 3.05) is 0 Å². The number of nitrogens with one attached hydrogen (secondary N) is 1. The predicted molar refractivity (Wildman–Crippen MR) is 75.7 cm³/mol. The molecule has 0 saturated carbocycles. The van der Waals surface area contributed by atoms with E-state index < -0.39 is 0 Å². The summed E-state index contributed by atoms with van der Waals surface area (Å²) in [6.45, 7) is 1.94. The summed E-state index contributed by atoms with van der Waals surface area (Å²) < 4.78 is 0. The van der Waals surface area contributed by atoms with Gasteiger partial charge in [0.1, 0.15) is 5.65 Å². The monoisotopic (exact) mass is 270 g/mol. The molecule has 0 radical (unpaired) electrons. The van der Waals surface area contributed by atoms with Crippen LogP contribution < -0.4 is 0 Å². The minimum atomic E-state index is -0.0933. The molecule has 0 saturated heterocycles. The summed E-state index contributed by atoms with van der Waals surface area (Å²) in [6, 6.07) is 9.11. The summed E-state index contributed by atoms with van der Waals surface area (Å²) in [6.07, 6.45) is 3.36. The van der Waals surface area contributed by atoms with Crippen LogP contribution in [0.5, 0.6) is 0 Å². The van der Waals surface area contributed by atoms with Gasteiger partial charge in [0.25, 0.3) is 0 Å². The second kappa shape index (κ2) is 4.52. The van der Waals surface area contributed by atoms with Crippen LogP contribution in [0.25, 0.3) is 11.0 Å². The molecule has 1 N–H and O–H groups in total. The van der Waals surface area contributed by atoms with E-state index in [-0.39, 0.29) is 5.78 Å². The Morgan fingerprint density at radius 3 is 2.89 bits per heavy atom. The first kappa shape index (κ1) is 11.9. The number of ketones is 1. The van der Waals surface area contributed by atoms with E-state index >= 15 is 0 Å². The number of carbonyl (C=O) groups is 1. The first-order valence-electron chi connectivity index (χ1n) is 5.90. The van der Waals surface area contributed by atoms with E-state index in [0.717, 1.165) is 10.9 Å². The second-order valence-electron chi connectivity index (χ2n) is 4.41. The van der Waals surface area contributed by atoms with Gasteiger partial charge in [-0.05, 0) is 36.8 Å². The Bertz CT molecular complexity index is 777. The average Bonchev–Trinajstić information content (AvgIpc) is 2.82. The van der Waals surface area contributed by atoms with E-state index in [4.69, 9.17) is 11.6 Å². The topological polar surface area (TPSA) is 45.8 Å². The van der Waals surface area contributed by atoms with Crippen LogP contribution in [0.1, 0.15) is 21.5 Å². The Hall–Kier alpha value is -2.13. The summed E-state index contributed by atoms with van der Waals surface area (Å²) in [4.78, 5) is 19.7. The number of hydrogen-bond donors (Lipinski definition) is 1. The Morgan fingerprint density at radius 1 is 1.26 bits per heavy atom. The Labute approximate surface area is 115 Å². The second-order valence-corrected chi connectivity index (χ2v) is 4.82. The molecule has 0 amide bonds. The van der Waals surface area contributed by atoms with Crippen molar-refractivity contribution in [1.29, 1.82) is 0 Å². The Kier molecular flexibility index (Phi) is 2.84. The Morgan fingerprint density at radius 2 is 2.11 bits per heavy atom. The summed E-state index contributed by atoms with van der Waals surface area (Å²) in [5.41, 5.74) is 2.84. The number of halogens is 1. The van der Waals surface area contributed by atoms with Crippen LogP contribution in [0.2, 0.25) is 5.02 Å². The summed E-state index contributed by atoms with van der Waals surface area (Å²) in [5, 5.41) is 1.28. The highest BCUT2D eigenvalue weighted by atomic mass is 35.5. The lowest BCUT2D eigenvalue weighted by Crippen LogP contribution is -2.01. The van der Waals surface area contributed by atoms with Crippen LogP contribution in [0.15, 0.2) is 42.7 Å². The molecule has 2 aromatic heterocycles. The van der Waals surface area contributed by atoms with Gasteiger partial charge in [-0.3, -0.25) is 4.79 Å². The highest BCUT2D eigenvalue weighted by Crippen LogP contribution is 2.24. The molecule has 3 rings (SSSR count). The highest BCUT2D eigenvalue weighted by molar-refractivity contribution is 6.35. The van der Waals surface area contributed by atoms with Crippen molar-refractivity contribution < 1.29 is 4.79 Å². The number of H-pyrrole nitrogens is 1. The number of carbonyl (C=O) groups excluding carboxylic acids is 1. The van der Waals surface area contributed by atoms with E-state index in [1.165, 1.54) is 0 Å². The van der Waals surface area contributed by atoms with Gasteiger partial charge in [-0.2, -0.15) is 0 Å². The van der Waals surface area contributed by atoms with Crippen LogP contribution >= 0.6 is 11.6 Å². The fourth-order valence-corrected chi connectivity index (χ4v) is 2.41. The largest absolute Gasteiger partial charge is 0.345 e. The van der Waals surface area contributed by atoms with Crippen LogP contribution in [0.4, 0.5) is 0 Å². The number of fused-ring (bicyclic) bond motifs is 1. The molecule has 0 aliphatic heterocycles. The normalized spacial score (nSPS) is 10.8. The van der Waals surface area contributed by atoms with Crippen molar-refractivity contribution in [2.45, 2.75) is 6.92 Å². The zero-order valence-electron chi connectivity index (χ0n) is 10.3. The lowest BCUT2D eigenvalue weighted by atomic mass is 10.0. The maximum absolute atomic E-state index is 12.5. The Balaban J connectivity index is 2.13. The predicted octanol–water partition coefficient (Wildman–Crippen LogP) is 3.76. The maximum atomic E-state index is 12.5. The first-order chi connectivity index (χ1) is 9.16. The zero-order chi connectivity index (χ0) is 13.4. The quantitative estimate of drug-likeness (QED) is 0.721. The molecule has 0 fully saturated rings. The molecule has 0 spiro atoms. The molecule has 0 unspecified atom stereocenters. The minimum absolute atomic E-state index is 0.0933. The van der Waals surface area contributed by atoms with E-state index in [0.29, 0.717) is 21.8 Å². The smallest absolute Gasteiger partial charge is 0.196 e. The molecule has 3 nitrogen and oxygen atoms in total. The lowest BCUT2D eigenvalue weighted by molar-refractivity contribution is 0.104. The number of aromatic nitrogens is 2. The molecule has 19 heavy (non-hydrogen) atoms. The van der Waals surface area contributed by atoms with Crippen molar-refractivity contribution in [2.24, 2.45) is 0 Å². The van der Waals surface area contributed by atoms with Crippen molar-refractivity contribution in [3.63, 3.8) is 0 Å². The number of benzene rings is 1. The van der Waals surface area contributed by atoms with Gasteiger partial charge in [-0.1, -0.05) is 17.7 Å². The molecular formula is C15H11ClN2O. The van der Waals surface area contributed by atoms with Crippen molar-refractivity contribution in [3.8, 4) is 0 Å². The third-order valence-corrected chi connectivity index (χ3v) is 3.38. The van der Waals surface area contributed by atoms with Crippen molar-refractivity contribution >= 4 is 28.4 Å². The summed E-state index contributed by atoms with van der Waals surface area (Å²) in [5.74, 6) is -0.0933. The molecule has 94 valence electrons. The van der Waals surface area contributed by atoms with Gasteiger partial charge in [0.15, 0.2) is 5.78 Å². The van der Waals surface area contributed by atoms with E-state index in [9.17, 15) is 4.79 Å². The van der Waals surface area contributed by atoms with Gasteiger partial charge in [-0.15, -0.1) is 0 Å². The van der Waals surface area contributed by atoms with Gasteiger partial charge in [0, 0.05) is 28.9 Å². The minimum Gasteiger partial charge on any atom is -0.345 e. The van der Waals surface area contributed by atoms with Crippen LogP contribution in [-0.4, -0.2) is 15.8 Å². The van der Waals surface area contributed by atoms with Crippen LogP contribution in [0.3, 0.4) is 0 Å². The fraction of sp³-hybridized carbons (Fsp3) is 0.0667. The molecule has 0 aliphatic rings. The molecule has 1 aromatic carbocycles. The summed E-state index contributed by atoms with van der Waals surface area (Å²) in [7, 11) is 0. The summed E-state index contributed by atoms with van der Waals surface area (Å²) >= 11 is 6.15. The highest BCUT2D eigenvalue weighted by Gasteiger charge is 2.16. The molecule has 4 heteroatoms. The first-order valence-corrected chi connectivity index (χ1v) is 6.27. The number of nitrogens with zero attached hydrogens (tertiary/aromatic N) is 1. The van der Waals surface area contributed by atoms with Gasteiger partial charge in [0.2, 0.25) is 0 Å². The van der Waals surface area contributed by atoms with Gasteiger partial charge >= 0.3 is 0 Å². The van der Waals surface area contributed by atoms with E-state index in [1.54, 1.807) is 24.5 Å². The molecule has 0 atom stereocenters. The molecular weight excluding hydrogens is 260 g/mol. The fourth-order valence-electron chi connectivity index (χ4n) is 2.09. The number of pyridine rings is 1. The molecule has 0 aliphatic carbocycles. The van der Waals surface area contributed by atoms with Crippen molar-refractivity contribution in [3.05, 3.63) is 64.4 Å². The standard InChI is InChI=1S/C15H11ClN2O/c1-9-4-5-11(13(16)7-9)14(19)12-8-18-15-10(12)3-2-6-17-15/h2-8H,1H3,(H,17,18). The number of aryl methyl sites for hydroxylation is 1. The van der Waals surface area contributed by atoms with E-state index in [1.807, 2.05) is 25.1 Å². The van der Waals surface area contributed by atoms with Gasteiger partial charge in [0.05, 0.1) is 5.02 Å². The third-order valence-electron chi connectivity index (χ3n) is 3.06. The molecule has 2 heterocycles. The molecule has 0 bridgehead atoms. The van der Waals surface area contributed by atoms with Crippen molar-refractivity contribution in [1.82, 2.24) is 9.97 Å². The number of aromatic amines is 1. The van der Waals surface area contributed by atoms with Crippen LogP contribution in [0, 0.1) is 6.92 Å². The van der Waals surface area contributed by atoms with Gasteiger partial charge in [-0.25, -0.2) is 4.98 Å². The van der Waals surface area contributed by atoms with Crippen LogP contribution in [-0.2, 0) is 0 Å². The number of hydrogen-bond acceptors (Lipinski definition) is 2. The lowest BCUT2D eigenvalue weighted by Gasteiger charge is -2.03. The third kappa shape index (κ3) is 2.02. The maximum Gasteiger partial charge on any atom is 0.196 e. The van der Waals surface area contributed by atoms with Gasteiger partial charge < -0.3 is 4.98 Å². The average molecular weight is 271 g/mol. The zero-order valence-corrected chi connectivity index (χ0v) is 11.0. The SMILES string of the molecule is Cc1ccc(C(=O)c2c[nH]c3ncccc23)c(Cl)c1.